The van der Waals surface area contributed by atoms with Crippen LogP contribution in [0, 0.1) is 5.82 Å². The fourth-order valence-electron chi connectivity index (χ4n) is 1.92. The number of ether oxygens (including phenoxy) is 1. The van der Waals surface area contributed by atoms with Gasteiger partial charge < -0.3 is 4.74 Å². The third-order valence-electron chi connectivity index (χ3n) is 2.84. The Balaban J connectivity index is 2.00. The van der Waals surface area contributed by atoms with Crippen molar-refractivity contribution in [3.63, 3.8) is 0 Å². The largest absolute Gasteiger partial charge is 0.367 e. The molecule has 0 N–H and O–H groups in total. The zero-order valence-corrected chi connectivity index (χ0v) is 9.48. The van der Waals surface area contributed by atoms with E-state index < -0.39 is 25.8 Å². The van der Waals surface area contributed by atoms with Crippen LogP contribution in [-0.2, 0) is 17.9 Å². The molecule has 0 bridgehead atoms. The van der Waals surface area contributed by atoms with Gasteiger partial charge in [-0.05, 0) is 44.0 Å². The van der Waals surface area contributed by atoms with Gasteiger partial charge in [-0.2, -0.15) is 5.10 Å². The van der Waals surface area contributed by atoms with Gasteiger partial charge in [0.15, 0.2) is 0 Å². The van der Waals surface area contributed by atoms with Crippen molar-refractivity contribution in [2.24, 2.45) is 0 Å². The molecular weight excluding hydrogens is 231 g/mol. The molecule has 2 heterocycles. The van der Waals surface area contributed by atoms with E-state index in [9.17, 15) is 4.39 Å². The lowest BCUT2D eigenvalue weighted by atomic mass is 10.1. The van der Waals surface area contributed by atoms with E-state index in [0.29, 0.717) is 17.0 Å². The lowest BCUT2D eigenvalue weighted by Gasteiger charge is -2.30. The van der Waals surface area contributed by atoms with E-state index in [2.05, 4.69) is 5.10 Å². The van der Waals surface area contributed by atoms with E-state index in [0.717, 1.165) is 0 Å². The van der Waals surface area contributed by atoms with Crippen LogP contribution in [0.5, 0.6) is 0 Å². The molecule has 0 atom stereocenters. The highest BCUT2D eigenvalue weighted by Gasteiger charge is 2.27. The molecule has 2 aromatic rings. The molecule has 0 radical (unpaired) electrons. The zero-order valence-electron chi connectivity index (χ0n) is 15.5. The van der Waals surface area contributed by atoms with Gasteiger partial charge in [-0.1, -0.05) is 0 Å². The highest BCUT2D eigenvalue weighted by molar-refractivity contribution is 5.59. The van der Waals surface area contributed by atoms with Gasteiger partial charge in [0.05, 0.1) is 30.1 Å². The second-order valence-corrected chi connectivity index (χ2v) is 4.30. The quantitative estimate of drug-likeness (QED) is 0.780. The number of nitrogens with zero attached hydrogens (tertiary/aromatic N) is 2. The predicted octanol–water partition coefficient (Wildman–Crippen LogP) is 3.00. The number of aromatic nitrogens is 2. The zero-order chi connectivity index (χ0) is 17.8. The van der Waals surface area contributed by atoms with Crippen molar-refractivity contribution < 1.29 is 17.4 Å². The summed E-state index contributed by atoms with van der Waals surface area (Å²) < 4.78 is 65.5. The van der Waals surface area contributed by atoms with Crippen molar-refractivity contribution in [2.45, 2.75) is 32.5 Å². The summed E-state index contributed by atoms with van der Waals surface area (Å²) >= 11 is 0. The molecular formula is C14H15FN2O. The van der Waals surface area contributed by atoms with Gasteiger partial charge in [-0.15, -0.1) is 0 Å². The summed E-state index contributed by atoms with van der Waals surface area (Å²) in [6.07, 6.45) is 0. The fraction of sp³-hybridized carbons (Fsp3) is 0.357. The molecule has 0 saturated heterocycles. The van der Waals surface area contributed by atoms with Crippen molar-refractivity contribution in [2.75, 3.05) is 0 Å². The first-order valence-corrected chi connectivity index (χ1v) is 5.50. The Labute approximate surface area is 114 Å². The van der Waals surface area contributed by atoms with Gasteiger partial charge in [0, 0.05) is 13.8 Å². The molecule has 1 aliphatic rings. The maximum Gasteiger partial charge on any atom is 0.123 e. The summed E-state index contributed by atoms with van der Waals surface area (Å²) in [5, 5.41) is 4.29. The summed E-state index contributed by atoms with van der Waals surface area (Å²) in [5.74, 6) is -0.380. The minimum Gasteiger partial charge on any atom is -0.367 e. The van der Waals surface area contributed by atoms with Gasteiger partial charge in [0.1, 0.15) is 5.82 Å². The van der Waals surface area contributed by atoms with Crippen molar-refractivity contribution in [1.29, 1.82) is 0 Å². The smallest absolute Gasteiger partial charge is 0.123 e. The Hall–Kier alpha value is -1.68. The second kappa shape index (κ2) is 3.92. The maximum absolute atomic E-state index is 13.0. The first kappa shape index (κ1) is 6.48. The highest BCUT2D eigenvalue weighted by atomic mass is 19.1. The summed E-state index contributed by atoms with van der Waals surface area (Å²) in [4.78, 5) is 0. The molecule has 0 unspecified atom stereocenters. The molecule has 1 aromatic heterocycles. The molecule has 94 valence electrons. The minimum absolute atomic E-state index is 0.176. The van der Waals surface area contributed by atoms with E-state index in [-0.39, 0.29) is 12.4 Å². The number of hydrogen-bond acceptors (Lipinski definition) is 2. The SMILES string of the molecule is [2H]C([2H])([2H])C1(C([2H])([2H])[2H])Cn2nc(-c3ccc(F)cc3)cc2CO1. The van der Waals surface area contributed by atoms with Crippen LogP contribution in [-0.4, -0.2) is 15.4 Å². The Kier molecular flexibility index (Phi) is 1.41. The maximum atomic E-state index is 13.0. The second-order valence-electron chi connectivity index (χ2n) is 4.30. The molecule has 18 heavy (non-hydrogen) atoms. The molecule has 3 rings (SSSR count). The minimum atomic E-state index is -2.84. The first-order valence-electron chi connectivity index (χ1n) is 8.50. The third kappa shape index (κ3) is 2.04. The van der Waals surface area contributed by atoms with E-state index in [1.165, 1.54) is 16.8 Å². The van der Waals surface area contributed by atoms with Crippen LogP contribution >= 0.6 is 0 Å². The molecule has 3 nitrogen and oxygen atoms in total. The molecule has 0 saturated carbocycles. The lowest BCUT2D eigenvalue weighted by molar-refractivity contribution is -0.0660. The lowest BCUT2D eigenvalue weighted by Crippen LogP contribution is -2.36. The molecule has 1 aliphatic heterocycles. The van der Waals surface area contributed by atoms with Crippen LogP contribution in [0.25, 0.3) is 11.3 Å². The van der Waals surface area contributed by atoms with Crippen LogP contribution in [0.4, 0.5) is 4.39 Å². The molecule has 0 fully saturated rings. The summed E-state index contributed by atoms with van der Waals surface area (Å²) in [7, 11) is 0. The third-order valence-corrected chi connectivity index (χ3v) is 2.84. The standard InChI is InChI=1S/C14H15FN2O/c1-14(2)9-17-12(8-18-14)7-13(16-17)10-3-5-11(15)6-4-10/h3-7H,8-9H2,1-2H3/i1D3,2D3. The van der Waals surface area contributed by atoms with Gasteiger partial charge in [0.25, 0.3) is 0 Å². The molecule has 0 aliphatic carbocycles. The van der Waals surface area contributed by atoms with Crippen LogP contribution in [0.15, 0.2) is 30.3 Å². The number of benzene rings is 1. The van der Waals surface area contributed by atoms with Crippen LogP contribution in [0.3, 0.4) is 0 Å². The summed E-state index contributed by atoms with van der Waals surface area (Å²) in [6.45, 7) is -6.25. The number of halogens is 1. The molecule has 1 aromatic carbocycles. The Bertz CT molecular complexity index is 736. The highest BCUT2D eigenvalue weighted by Crippen LogP contribution is 2.26. The van der Waals surface area contributed by atoms with Gasteiger partial charge in [-0.25, -0.2) is 4.39 Å². The van der Waals surface area contributed by atoms with Crippen LogP contribution in [0.1, 0.15) is 27.6 Å². The summed E-state index contributed by atoms with van der Waals surface area (Å²) in [6, 6.07) is 7.35. The Morgan fingerprint density at radius 2 is 2.17 bits per heavy atom. The van der Waals surface area contributed by atoms with E-state index >= 15 is 0 Å². The first-order chi connectivity index (χ1) is 11.0. The fourth-order valence-corrected chi connectivity index (χ4v) is 1.92. The number of hydrogen-bond donors (Lipinski definition) is 0. The normalized spacial score (nSPS) is 23.8. The molecule has 0 spiro atoms. The number of fused-ring (bicyclic) bond motifs is 1. The van der Waals surface area contributed by atoms with E-state index in [1.54, 1.807) is 18.2 Å². The van der Waals surface area contributed by atoms with Gasteiger partial charge in [-0.3, -0.25) is 4.68 Å². The van der Waals surface area contributed by atoms with Gasteiger partial charge in [0.2, 0.25) is 0 Å². The average Bonchev–Trinajstić information content (AvgIpc) is 2.88. The van der Waals surface area contributed by atoms with E-state index in [4.69, 9.17) is 13.0 Å². The van der Waals surface area contributed by atoms with Crippen molar-refractivity contribution in [3.8, 4) is 11.3 Å². The van der Waals surface area contributed by atoms with Crippen molar-refractivity contribution >= 4 is 0 Å². The predicted molar refractivity (Wildman–Crippen MR) is 66.5 cm³/mol. The number of rotatable bonds is 1. The van der Waals surface area contributed by atoms with E-state index in [1.807, 2.05) is 0 Å². The van der Waals surface area contributed by atoms with Crippen molar-refractivity contribution in [1.82, 2.24) is 9.78 Å². The molecule has 4 heteroatoms. The molecule has 0 amide bonds. The van der Waals surface area contributed by atoms with Crippen LogP contribution in [0.2, 0.25) is 0 Å². The Morgan fingerprint density at radius 1 is 1.39 bits per heavy atom. The monoisotopic (exact) mass is 252 g/mol. The van der Waals surface area contributed by atoms with Gasteiger partial charge >= 0.3 is 0 Å². The topological polar surface area (TPSA) is 27.1 Å². The van der Waals surface area contributed by atoms with Crippen molar-refractivity contribution in [3.05, 3.63) is 41.8 Å². The van der Waals surface area contributed by atoms with Crippen LogP contribution < -0.4 is 0 Å². The average molecular weight is 252 g/mol. The summed E-state index contributed by atoms with van der Waals surface area (Å²) in [5.41, 5.74) is -0.593. The Morgan fingerprint density at radius 3 is 2.89 bits per heavy atom.